The zero-order valence-corrected chi connectivity index (χ0v) is 31.5. The number of hydrogen-bond acceptors (Lipinski definition) is 10. The molecule has 53 heavy (non-hydrogen) atoms. The van der Waals surface area contributed by atoms with E-state index in [2.05, 4.69) is 35.4 Å². The molecule has 288 valence electrons. The Kier molecular flexibility index (Phi) is 13.9. The van der Waals surface area contributed by atoms with Crippen LogP contribution in [0.1, 0.15) is 74.5 Å². The highest BCUT2D eigenvalue weighted by Gasteiger charge is 2.46. The summed E-state index contributed by atoms with van der Waals surface area (Å²) in [6.07, 6.45) is 2.38. The highest BCUT2D eigenvalue weighted by Crippen LogP contribution is 2.50. The number of nitrogens with one attached hydrogen (secondary N) is 1. The van der Waals surface area contributed by atoms with Crippen LogP contribution >= 0.6 is 11.6 Å². The molecule has 2 fully saturated rings. The molecule has 12 nitrogen and oxygen atoms in total. The molecule has 0 bridgehead atoms. The molecule has 2 aliphatic rings. The Bertz CT molecular complexity index is 1700. The summed E-state index contributed by atoms with van der Waals surface area (Å²) in [5.41, 5.74) is 5.12. The van der Waals surface area contributed by atoms with Gasteiger partial charge in [-0.05, 0) is 84.9 Å². The van der Waals surface area contributed by atoms with Crippen molar-refractivity contribution in [3.63, 3.8) is 0 Å². The summed E-state index contributed by atoms with van der Waals surface area (Å²) >= 11 is 6.72. The maximum absolute atomic E-state index is 13.3. The van der Waals surface area contributed by atoms with Gasteiger partial charge in [-0.25, -0.2) is 0 Å². The summed E-state index contributed by atoms with van der Waals surface area (Å²) in [4.78, 5) is 32.7. The average molecular weight is 753 g/mol. The first-order valence-corrected chi connectivity index (χ1v) is 18.8. The lowest BCUT2D eigenvalue weighted by atomic mass is 9.93. The quantitative estimate of drug-likeness (QED) is 0.100. The Morgan fingerprint density at radius 2 is 1.72 bits per heavy atom. The first-order valence-electron chi connectivity index (χ1n) is 18.4. The average Bonchev–Trinajstić information content (AvgIpc) is 4.11. The molecule has 2 aromatic carbocycles. The third kappa shape index (κ3) is 10.5. The molecule has 1 unspecified atom stereocenters. The van der Waals surface area contributed by atoms with Crippen molar-refractivity contribution in [2.45, 2.75) is 100 Å². The summed E-state index contributed by atoms with van der Waals surface area (Å²) in [5, 5.41) is 54.1. The number of para-hydroxylation sites is 1. The lowest BCUT2D eigenvalue weighted by Crippen LogP contribution is -2.52. The topological polar surface area (TPSA) is 176 Å². The van der Waals surface area contributed by atoms with Gasteiger partial charge in [0, 0.05) is 62.1 Å². The van der Waals surface area contributed by atoms with Crippen LogP contribution in [0.4, 0.5) is 0 Å². The third-order valence-electron chi connectivity index (χ3n) is 10.3. The molecule has 6 N–H and O–H groups in total. The molecule has 3 aromatic rings. The van der Waals surface area contributed by atoms with E-state index in [9.17, 15) is 30.0 Å². The molecule has 13 heteroatoms. The number of nitrogens with zero attached hydrogens (tertiary/aromatic N) is 3. The monoisotopic (exact) mass is 752 g/mol. The summed E-state index contributed by atoms with van der Waals surface area (Å²) in [7, 11) is 3.09. The number of likely N-dealkylation sites (N-methyl/N-ethyl adjacent to an activating group) is 1. The van der Waals surface area contributed by atoms with E-state index >= 15 is 0 Å². The van der Waals surface area contributed by atoms with Crippen LogP contribution in [0.3, 0.4) is 0 Å². The highest BCUT2D eigenvalue weighted by molar-refractivity contribution is 6.31. The van der Waals surface area contributed by atoms with Crippen molar-refractivity contribution in [3.8, 4) is 16.9 Å². The summed E-state index contributed by atoms with van der Waals surface area (Å²) in [5.74, 6) is 0.196. The number of ether oxygens (including phenoxy) is 1. The van der Waals surface area contributed by atoms with Crippen molar-refractivity contribution in [2.75, 3.05) is 33.8 Å². The molecule has 2 saturated carbocycles. The van der Waals surface area contributed by atoms with Gasteiger partial charge in [0.05, 0.1) is 19.3 Å². The van der Waals surface area contributed by atoms with E-state index < -0.39 is 43.5 Å². The molecule has 0 aliphatic heterocycles. The van der Waals surface area contributed by atoms with Gasteiger partial charge in [0.2, 0.25) is 11.8 Å². The fourth-order valence-electron chi connectivity index (χ4n) is 6.48. The minimum atomic E-state index is -1.85. The van der Waals surface area contributed by atoms with Gasteiger partial charge in [0.25, 0.3) is 0 Å². The number of aliphatic hydroxyl groups excluding tert-OH is 5. The molecule has 2 amide bonds. The van der Waals surface area contributed by atoms with E-state index in [4.69, 9.17) is 21.4 Å². The smallest absolute Gasteiger partial charge is 0.241 e. The molecule has 5 rings (SSSR count). The number of aliphatic hydroxyl groups is 5. The summed E-state index contributed by atoms with van der Waals surface area (Å²) < 4.78 is 6.26. The molecular formula is C40H53ClN4O8. The van der Waals surface area contributed by atoms with Crippen molar-refractivity contribution < 1.29 is 39.9 Å². The van der Waals surface area contributed by atoms with Gasteiger partial charge >= 0.3 is 0 Å². The number of pyridine rings is 1. The lowest BCUT2D eigenvalue weighted by molar-refractivity contribution is -0.145. The second kappa shape index (κ2) is 18.1. The molecule has 1 heterocycles. The van der Waals surface area contributed by atoms with Gasteiger partial charge in [-0.1, -0.05) is 48.9 Å². The predicted molar refractivity (Wildman–Crippen MR) is 201 cm³/mol. The lowest BCUT2D eigenvalue weighted by Gasteiger charge is -2.31. The highest BCUT2D eigenvalue weighted by atomic mass is 35.5. The Morgan fingerprint density at radius 3 is 2.40 bits per heavy atom. The molecular weight excluding hydrogens is 700 g/mol. The first kappa shape index (κ1) is 40.6. The second-order valence-electron chi connectivity index (χ2n) is 14.7. The number of aromatic nitrogens is 1. The van der Waals surface area contributed by atoms with Crippen LogP contribution in [-0.2, 0) is 21.7 Å². The molecule has 0 spiro atoms. The zero-order valence-electron chi connectivity index (χ0n) is 30.7. The Labute approximate surface area is 316 Å². The number of hydrogen-bond donors (Lipinski definition) is 6. The van der Waals surface area contributed by atoms with Crippen LogP contribution in [0, 0.1) is 0 Å². The minimum absolute atomic E-state index is 0.0842. The number of benzene rings is 2. The van der Waals surface area contributed by atoms with E-state index in [1.54, 1.807) is 14.1 Å². The fraction of sp³-hybridized carbons (Fsp3) is 0.525. The maximum atomic E-state index is 13.3. The van der Waals surface area contributed by atoms with E-state index in [1.807, 2.05) is 42.7 Å². The van der Waals surface area contributed by atoms with Gasteiger partial charge in [-0.2, -0.15) is 0 Å². The largest absolute Gasteiger partial charge is 0.490 e. The van der Waals surface area contributed by atoms with Crippen LogP contribution in [0.2, 0.25) is 5.02 Å². The van der Waals surface area contributed by atoms with Gasteiger partial charge in [0.15, 0.2) is 0 Å². The van der Waals surface area contributed by atoms with Crippen molar-refractivity contribution in [3.05, 3.63) is 82.6 Å². The van der Waals surface area contributed by atoms with Crippen molar-refractivity contribution >= 4 is 23.4 Å². The first-order chi connectivity index (χ1) is 25.3. The molecule has 2 aliphatic carbocycles. The molecule has 0 saturated heterocycles. The SMILES string of the molecule is CC(CCCC(=O)N(CC(=O)N(C)C)C[C@H](O)[C@@H](O)[C@H](O)[C@H](O)CO)c1ccc(Cl)c(CNC2(c3cnccc3-c3ccccc3OC3CC3)CC2)c1. The Morgan fingerprint density at radius 1 is 1.00 bits per heavy atom. The van der Waals surface area contributed by atoms with Gasteiger partial charge < -0.3 is 45.4 Å². The van der Waals surface area contributed by atoms with Crippen molar-refractivity contribution in [2.24, 2.45) is 0 Å². The maximum Gasteiger partial charge on any atom is 0.241 e. The van der Waals surface area contributed by atoms with Crippen LogP contribution in [-0.4, -0.2) is 116 Å². The number of carbonyl (C=O) groups is 2. The van der Waals surface area contributed by atoms with Crippen molar-refractivity contribution in [1.29, 1.82) is 0 Å². The fourth-order valence-corrected chi connectivity index (χ4v) is 6.66. The van der Waals surface area contributed by atoms with E-state index in [0.717, 1.165) is 64.1 Å². The number of rotatable bonds is 20. The predicted octanol–water partition coefficient (Wildman–Crippen LogP) is 3.35. The van der Waals surface area contributed by atoms with E-state index in [0.29, 0.717) is 24.4 Å². The third-order valence-corrected chi connectivity index (χ3v) is 10.6. The number of carbonyl (C=O) groups excluding carboxylic acids is 2. The van der Waals surface area contributed by atoms with Gasteiger partial charge in [0.1, 0.15) is 30.2 Å². The van der Waals surface area contributed by atoms with Crippen LogP contribution in [0.5, 0.6) is 5.75 Å². The van der Waals surface area contributed by atoms with Crippen molar-refractivity contribution in [1.82, 2.24) is 20.1 Å². The Hall–Kier alpha value is -3.62. The van der Waals surface area contributed by atoms with Gasteiger partial charge in [-0.15, -0.1) is 0 Å². The Balaban J connectivity index is 1.20. The normalized spacial score (nSPS) is 17.7. The molecule has 1 aromatic heterocycles. The zero-order chi connectivity index (χ0) is 38.3. The molecule has 5 atom stereocenters. The molecule has 0 radical (unpaired) electrons. The van der Waals surface area contributed by atoms with Crippen LogP contribution in [0.25, 0.3) is 11.1 Å². The second-order valence-corrected chi connectivity index (χ2v) is 15.1. The minimum Gasteiger partial charge on any atom is -0.490 e. The van der Waals surface area contributed by atoms with Crippen LogP contribution in [0.15, 0.2) is 60.9 Å². The summed E-state index contributed by atoms with van der Waals surface area (Å²) in [6, 6.07) is 16.2. The van der Waals surface area contributed by atoms with Gasteiger partial charge in [-0.3, -0.25) is 14.6 Å². The standard InChI is InChI=1S/C40H53ClN4O8/c1-25(7-6-10-36(49)45(23-37(50)44(2)3)22-33(47)38(51)39(52)34(48)24-46)26-11-14-32(41)27(19-26)20-43-40(16-17-40)31-21-42-18-15-29(31)30-8-4-5-9-35(30)53-28-12-13-28/h4-5,8-9,11,14-15,18-19,21,25,28,33-34,38-39,43,46-48,51-52H,6-7,10,12-13,16-17,20,22-24H2,1-3H3/t25?,33-,34+,38+,39+/m0/s1. The number of amides is 2. The summed E-state index contributed by atoms with van der Waals surface area (Å²) in [6.45, 7) is 1.04. The van der Waals surface area contributed by atoms with Crippen LogP contribution < -0.4 is 10.1 Å². The van der Waals surface area contributed by atoms with E-state index in [1.165, 1.54) is 4.90 Å². The van der Waals surface area contributed by atoms with E-state index in [-0.39, 0.29) is 36.4 Å². The number of halogens is 1.